The van der Waals surface area contributed by atoms with Gasteiger partial charge in [0.05, 0.1) is 5.57 Å². The standard InChI is InChI=1S/C38H42FN3O4/c1-8-26(35(43)27(9-2)38(45)42-16-14-40(6)15-17-42)32-19-25-18-31-30(24(5)28-12-10-11-13-29(28)36(31)44)20-34(25)46-37(32)33(21-39)41(7)22-23(3)4/h8-13,18,20-21,23H,5,14-17,19,22H2,1-4,6-7H3/b26-8+,27-9+,33-21-. The zero-order valence-electron chi connectivity index (χ0n) is 27.6. The van der Waals surface area contributed by atoms with Gasteiger partial charge in [-0.1, -0.05) is 56.8 Å². The number of halogens is 1. The third-order valence-corrected chi connectivity index (χ3v) is 8.92. The third kappa shape index (κ3) is 6.01. The van der Waals surface area contributed by atoms with Gasteiger partial charge in [0.2, 0.25) is 0 Å². The number of fused-ring (bicyclic) bond motifs is 3. The number of piperazine rings is 1. The van der Waals surface area contributed by atoms with E-state index >= 15 is 0 Å². The molecule has 2 aliphatic heterocycles. The summed E-state index contributed by atoms with van der Waals surface area (Å²) in [5, 5.41) is 0. The van der Waals surface area contributed by atoms with Gasteiger partial charge in [0.25, 0.3) is 5.91 Å². The second kappa shape index (κ2) is 13.4. The highest BCUT2D eigenvalue weighted by atomic mass is 19.1. The number of hydrogen-bond acceptors (Lipinski definition) is 6. The molecular formula is C38H42FN3O4. The average Bonchev–Trinajstić information content (AvgIpc) is 3.04. The molecule has 1 aliphatic carbocycles. The van der Waals surface area contributed by atoms with Crippen LogP contribution in [0.4, 0.5) is 4.39 Å². The molecule has 0 radical (unpaired) electrons. The molecular weight excluding hydrogens is 581 g/mol. The van der Waals surface area contributed by atoms with Crippen molar-refractivity contribution in [1.82, 2.24) is 14.7 Å². The van der Waals surface area contributed by atoms with Crippen LogP contribution in [0.5, 0.6) is 5.75 Å². The Bertz CT molecular complexity index is 1740. The van der Waals surface area contributed by atoms with Gasteiger partial charge in [-0.15, -0.1) is 0 Å². The lowest BCUT2D eigenvalue weighted by molar-refractivity contribution is -0.130. The number of rotatable bonds is 8. The normalized spacial score (nSPS) is 17.5. The van der Waals surface area contributed by atoms with Crippen LogP contribution in [-0.4, -0.2) is 79.0 Å². The summed E-state index contributed by atoms with van der Waals surface area (Å²) in [4.78, 5) is 47.1. The lowest BCUT2D eigenvalue weighted by Gasteiger charge is -2.33. The van der Waals surface area contributed by atoms with Gasteiger partial charge < -0.3 is 19.4 Å². The SMILES string of the molecule is C=C1c2ccccc2C(=O)c2cc3c(cc21)OC(C(=C/F)/N(C)CC(C)C)=C(/C(=C\C)C(=O)/C(=C\C)C(=O)N1CCN(C)CC1)C3. The van der Waals surface area contributed by atoms with Crippen LogP contribution >= 0.6 is 0 Å². The van der Waals surface area contributed by atoms with Gasteiger partial charge in [0, 0.05) is 74.0 Å². The van der Waals surface area contributed by atoms with E-state index in [1.807, 2.05) is 39.1 Å². The number of hydrogen-bond donors (Lipinski definition) is 0. The number of ether oxygens (including phenoxy) is 1. The van der Waals surface area contributed by atoms with E-state index < -0.39 is 5.78 Å². The number of nitrogens with zero attached hydrogens (tertiary/aromatic N) is 3. The van der Waals surface area contributed by atoms with Crippen molar-refractivity contribution in [2.75, 3.05) is 46.8 Å². The Morgan fingerprint density at radius 3 is 2.30 bits per heavy atom. The van der Waals surface area contributed by atoms with Crippen molar-refractivity contribution in [2.45, 2.75) is 34.1 Å². The van der Waals surface area contributed by atoms with Crippen LogP contribution in [0.3, 0.4) is 0 Å². The minimum atomic E-state index is -0.449. The third-order valence-electron chi connectivity index (χ3n) is 8.92. The molecule has 2 aromatic rings. The quantitative estimate of drug-likeness (QED) is 0.171. The molecule has 2 aromatic carbocycles. The molecule has 240 valence electrons. The number of amides is 1. The maximum Gasteiger partial charge on any atom is 0.257 e. The Morgan fingerprint density at radius 1 is 1.02 bits per heavy atom. The predicted molar refractivity (Wildman–Crippen MR) is 179 cm³/mol. The number of benzene rings is 2. The minimum absolute atomic E-state index is 0.0603. The fourth-order valence-electron chi connectivity index (χ4n) is 6.47. The first kappa shape index (κ1) is 32.8. The summed E-state index contributed by atoms with van der Waals surface area (Å²) < 4.78 is 21.4. The number of Topliss-reactive ketones (excluding diaryl/α,β-unsaturated/α-hetero) is 1. The van der Waals surface area contributed by atoms with Crippen molar-refractivity contribution in [1.29, 1.82) is 0 Å². The van der Waals surface area contributed by atoms with E-state index in [1.165, 1.54) is 0 Å². The van der Waals surface area contributed by atoms with Crippen molar-refractivity contribution in [3.8, 4) is 5.75 Å². The maximum absolute atomic E-state index is 14.9. The van der Waals surface area contributed by atoms with Gasteiger partial charge >= 0.3 is 0 Å². The van der Waals surface area contributed by atoms with Crippen LogP contribution < -0.4 is 4.74 Å². The summed E-state index contributed by atoms with van der Waals surface area (Å²) in [5.74, 6) is -0.000745. The molecule has 0 bridgehead atoms. The molecule has 0 spiro atoms. The van der Waals surface area contributed by atoms with Crippen LogP contribution in [0, 0.1) is 5.92 Å². The number of likely N-dealkylation sites (N-methyl/N-ethyl adjacent to an activating group) is 2. The van der Waals surface area contributed by atoms with Crippen molar-refractivity contribution in [2.24, 2.45) is 5.92 Å². The molecule has 1 amide bonds. The molecule has 5 rings (SSSR count). The number of carbonyl (C=O) groups is 3. The van der Waals surface area contributed by atoms with Gasteiger partial charge in [-0.05, 0) is 55.6 Å². The first-order valence-electron chi connectivity index (χ1n) is 15.8. The van der Waals surface area contributed by atoms with Crippen LogP contribution in [-0.2, 0) is 16.0 Å². The molecule has 8 heteroatoms. The summed E-state index contributed by atoms with van der Waals surface area (Å²) in [6.07, 6.45) is 3.91. The van der Waals surface area contributed by atoms with Gasteiger partial charge in [0.1, 0.15) is 17.8 Å². The highest BCUT2D eigenvalue weighted by Gasteiger charge is 2.35. The van der Waals surface area contributed by atoms with Crippen LogP contribution in [0.1, 0.15) is 60.3 Å². The van der Waals surface area contributed by atoms with E-state index in [0.717, 1.165) is 18.7 Å². The molecule has 3 aliphatic rings. The molecule has 2 heterocycles. The van der Waals surface area contributed by atoms with Crippen molar-refractivity contribution >= 4 is 23.0 Å². The molecule has 0 aromatic heterocycles. The second-order valence-electron chi connectivity index (χ2n) is 12.5. The maximum atomic E-state index is 14.9. The van der Waals surface area contributed by atoms with Crippen molar-refractivity contribution in [3.63, 3.8) is 0 Å². The average molecular weight is 624 g/mol. The van der Waals surface area contributed by atoms with Crippen LogP contribution in [0.25, 0.3) is 5.57 Å². The van der Waals surface area contributed by atoms with E-state index in [9.17, 15) is 18.8 Å². The molecule has 0 unspecified atom stereocenters. The Balaban J connectivity index is 1.60. The molecule has 0 N–H and O–H groups in total. The molecule has 0 saturated carbocycles. The van der Waals surface area contributed by atoms with Gasteiger partial charge in [0.15, 0.2) is 17.3 Å². The summed E-state index contributed by atoms with van der Waals surface area (Å²) in [6, 6.07) is 11.0. The van der Waals surface area contributed by atoms with E-state index in [0.29, 0.717) is 65.1 Å². The zero-order valence-corrected chi connectivity index (χ0v) is 27.6. The molecule has 0 atom stereocenters. The van der Waals surface area contributed by atoms with Gasteiger partial charge in [-0.3, -0.25) is 14.4 Å². The zero-order chi connectivity index (χ0) is 33.3. The van der Waals surface area contributed by atoms with Crippen molar-refractivity contribution < 1.29 is 23.5 Å². The minimum Gasteiger partial charge on any atom is -0.454 e. The Hall–Kier alpha value is -4.56. The van der Waals surface area contributed by atoms with Crippen LogP contribution in [0.2, 0.25) is 0 Å². The lowest BCUT2D eigenvalue weighted by Crippen LogP contribution is -2.48. The Labute approximate surface area is 271 Å². The molecule has 46 heavy (non-hydrogen) atoms. The van der Waals surface area contributed by atoms with E-state index in [-0.39, 0.29) is 46.6 Å². The van der Waals surface area contributed by atoms with E-state index in [4.69, 9.17) is 4.74 Å². The van der Waals surface area contributed by atoms with Gasteiger partial charge in [-0.2, -0.15) is 0 Å². The highest BCUT2D eigenvalue weighted by Crippen LogP contribution is 2.43. The molecule has 1 saturated heterocycles. The second-order valence-corrected chi connectivity index (χ2v) is 12.5. The topological polar surface area (TPSA) is 70.2 Å². The first-order chi connectivity index (χ1) is 22.0. The largest absolute Gasteiger partial charge is 0.454 e. The monoisotopic (exact) mass is 623 g/mol. The Morgan fingerprint density at radius 2 is 1.70 bits per heavy atom. The smallest absolute Gasteiger partial charge is 0.257 e. The first-order valence-corrected chi connectivity index (χ1v) is 15.8. The van der Waals surface area contributed by atoms with E-state index in [2.05, 4.69) is 11.5 Å². The Kier molecular flexibility index (Phi) is 9.58. The van der Waals surface area contributed by atoms with Crippen molar-refractivity contribution in [3.05, 3.63) is 117 Å². The number of carbonyl (C=O) groups excluding carboxylic acids is 3. The fraction of sp³-hybridized carbons (Fsp3) is 0.342. The summed E-state index contributed by atoms with van der Waals surface area (Å²) in [5.41, 5.74) is 4.84. The highest BCUT2D eigenvalue weighted by molar-refractivity contribution is 6.27. The fourth-order valence-corrected chi connectivity index (χ4v) is 6.47. The van der Waals surface area contributed by atoms with Crippen LogP contribution in [0.15, 0.2) is 89.6 Å². The molecule has 1 fully saturated rings. The van der Waals surface area contributed by atoms with Gasteiger partial charge in [-0.25, -0.2) is 4.39 Å². The number of ketones is 2. The summed E-state index contributed by atoms with van der Waals surface area (Å²) in [6.45, 7) is 14.8. The summed E-state index contributed by atoms with van der Waals surface area (Å²) in [7, 11) is 3.78. The lowest BCUT2D eigenvalue weighted by atomic mass is 9.79. The molecule has 7 nitrogen and oxygen atoms in total. The predicted octanol–water partition coefficient (Wildman–Crippen LogP) is 6.12. The van der Waals surface area contributed by atoms with E-state index in [1.54, 1.807) is 61.0 Å². The number of allylic oxidation sites excluding steroid dienone is 4. The summed E-state index contributed by atoms with van der Waals surface area (Å²) >= 11 is 0.